The monoisotopic (exact) mass is 269 g/mol. The summed E-state index contributed by atoms with van der Waals surface area (Å²) in [6.07, 6.45) is 5.77. The Labute approximate surface area is 118 Å². The standard InChI is InChI=1S/C16H19N3O/c17-12-10-18-13-5-2-1-4-11(13)16(12)19-8-9-20-15-7-3-6-14(15)19/h1-2,4-5,10,14-15H,3,6-9,17H2. The molecule has 1 saturated heterocycles. The topological polar surface area (TPSA) is 51.4 Å². The highest BCUT2D eigenvalue weighted by molar-refractivity contribution is 5.97. The van der Waals surface area contributed by atoms with E-state index in [0.717, 1.165) is 35.4 Å². The van der Waals surface area contributed by atoms with Gasteiger partial charge in [-0.05, 0) is 25.3 Å². The van der Waals surface area contributed by atoms with E-state index in [1.165, 1.54) is 19.3 Å². The Bertz CT molecular complexity index is 643. The van der Waals surface area contributed by atoms with Crippen LogP contribution in [0.1, 0.15) is 19.3 Å². The van der Waals surface area contributed by atoms with Crippen molar-refractivity contribution in [3.05, 3.63) is 30.5 Å². The van der Waals surface area contributed by atoms with Crippen LogP contribution in [-0.4, -0.2) is 30.3 Å². The fourth-order valence-electron chi connectivity index (χ4n) is 3.67. The van der Waals surface area contributed by atoms with Crippen molar-refractivity contribution in [2.24, 2.45) is 0 Å². The normalized spacial score (nSPS) is 25.9. The number of nitrogens with two attached hydrogens (primary N) is 1. The van der Waals surface area contributed by atoms with E-state index < -0.39 is 0 Å². The van der Waals surface area contributed by atoms with Crippen molar-refractivity contribution in [2.45, 2.75) is 31.4 Å². The number of nitrogen functional groups attached to an aromatic ring is 1. The number of fused-ring (bicyclic) bond motifs is 2. The van der Waals surface area contributed by atoms with Gasteiger partial charge >= 0.3 is 0 Å². The van der Waals surface area contributed by atoms with Crippen molar-refractivity contribution in [3.8, 4) is 0 Å². The number of rotatable bonds is 1. The third-order valence-corrected chi connectivity index (χ3v) is 4.54. The van der Waals surface area contributed by atoms with Gasteiger partial charge in [-0.1, -0.05) is 18.2 Å². The first-order chi connectivity index (χ1) is 9.84. The average molecular weight is 269 g/mol. The Morgan fingerprint density at radius 2 is 2.15 bits per heavy atom. The molecule has 1 saturated carbocycles. The number of aromatic nitrogens is 1. The number of hydrogen-bond donors (Lipinski definition) is 1. The second-order valence-electron chi connectivity index (χ2n) is 5.68. The van der Waals surface area contributed by atoms with Crippen molar-refractivity contribution in [3.63, 3.8) is 0 Å². The van der Waals surface area contributed by atoms with Crippen molar-refractivity contribution >= 4 is 22.3 Å². The third kappa shape index (κ3) is 1.75. The molecule has 4 nitrogen and oxygen atoms in total. The first-order valence-corrected chi connectivity index (χ1v) is 7.36. The molecule has 2 aromatic rings. The number of nitrogens with zero attached hydrogens (tertiary/aromatic N) is 2. The highest BCUT2D eigenvalue weighted by atomic mass is 16.5. The summed E-state index contributed by atoms with van der Waals surface area (Å²) in [5.74, 6) is 0. The van der Waals surface area contributed by atoms with Crippen LogP contribution in [0.4, 0.5) is 11.4 Å². The molecule has 0 amide bonds. The van der Waals surface area contributed by atoms with Crippen LogP contribution in [0.25, 0.3) is 10.9 Å². The van der Waals surface area contributed by atoms with Crippen LogP contribution in [-0.2, 0) is 4.74 Å². The molecule has 2 aliphatic rings. The van der Waals surface area contributed by atoms with Gasteiger partial charge in [0.1, 0.15) is 0 Å². The summed E-state index contributed by atoms with van der Waals surface area (Å²) in [6, 6.07) is 8.71. The summed E-state index contributed by atoms with van der Waals surface area (Å²) in [5, 5.41) is 1.15. The highest BCUT2D eigenvalue weighted by Crippen LogP contribution is 2.38. The first-order valence-electron chi connectivity index (χ1n) is 7.36. The lowest BCUT2D eigenvalue weighted by atomic mass is 10.1. The summed E-state index contributed by atoms with van der Waals surface area (Å²) in [6.45, 7) is 1.70. The maximum atomic E-state index is 6.26. The molecule has 1 aliphatic carbocycles. The SMILES string of the molecule is Nc1cnc2ccccc2c1N1CCOC2CCCC21. The molecule has 2 heterocycles. The molecule has 104 valence electrons. The predicted octanol–water partition coefficient (Wildman–Crippen LogP) is 2.57. The van der Waals surface area contributed by atoms with E-state index in [4.69, 9.17) is 10.5 Å². The minimum Gasteiger partial charge on any atom is -0.396 e. The van der Waals surface area contributed by atoms with Gasteiger partial charge in [-0.15, -0.1) is 0 Å². The smallest absolute Gasteiger partial charge is 0.0779 e. The number of morpholine rings is 1. The van der Waals surface area contributed by atoms with E-state index >= 15 is 0 Å². The number of pyridine rings is 1. The van der Waals surface area contributed by atoms with Crippen LogP contribution < -0.4 is 10.6 Å². The fourth-order valence-corrected chi connectivity index (χ4v) is 3.67. The van der Waals surface area contributed by atoms with Crippen molar-refractivity contribution in [2.75, 3.05) is 23.8 Å². The molecule has 0 bridgehead atoms. The molecule has 20 heavy (non-hydrogen) atoms. The number of anilines is 2. The van der Waals surface area contributed by atoms with Gasteiger partial charge in [-0.2, -0.15) is 0 Å². The average Bonchev–Trinajstić information content (AvgIpc) is 2.96. The molecule has 4 heteroatoms. The molecule has 2 N–H and O–H groups in total. The number of ether oxygens (including phenoxy) is 1. The van der Waals surface area contributed by atoms with Crippen LogP contribution in [0.3, 0.4) is 0 Å². The van der Waals surface area contributed by atoms with Gasteiger partial charge in [-0.25, -0.2) is 0 Å². The summed E-state index contributed by atoms with van der Waals surface area (Å²) in [5.41, 5.74) is 9.19. The van der Waals surface area contributed by atoms with Crippen LogP contribution in [0.5, 0.6) is 0 Å². The summed E-state index contributed by atoms with van der Waals surface area (Å²) in [7, 11) is 0. The quantitative estimate of drug-likeness (QED) is 0.864. The van der Waals surface area contributed by atoms with E-state index in [9.17, 15) is 0 Å². The summed E-state index contributed by atoms with van der Waals surface area (Å²) >= 11 is 0. The molecule has 4 rings (SSSR count). The first kappa shape index (κ1) is 12.0. The molecule has 2 fully saturated rings. The number of para-hydroxylation sites is 1. The molecule has 0 radical (unpaired) electrons. The zero-order valence-corrected chi connectivity index (χ0v) is 11.5. The van der Waals surface area contributed by atoms with Crippen LogP contribution in [0, 0.1) is 0 Å². The Hall–Kier alpha value is -1.81. The predicted molar refractivity (Wildman–Crippen MR) is 80.9 cm³/mol. The molecule has 0 spiro atoms. The lowest BCUT2D eigenvalue weighted by Crippen LogP contribution is -2.49. The second-order valence-corrected chi connectivity index (χ2v) is 5.68. The van der Waals surface area contributed by atoms with Gasteiger partial charge in [0.15, 0.2) is 0 Å². The van der Waals surface area contributed by atoms with E-state index in [1.807, 2.05) is 12.1 Å². The van der Waals surface area contributed by atoms with Crippen molar-refractivity contribution < 1.29 is 4.74 Å². The van der Waals surface area contributed by atoms with Gasteiger partial charge < -0.3 is 15.4 Å². The van der Waals surface area contributed by atoms with Gasteiger partial charge in [0.2, 0.25) is 0 Å². The van der Waals surface area contributed by atoms with Gasteiger partial charge in [-0.3, -0.25) is 4.98 Å². The number of benzene rings is 1. The Kier molecular flexibility index (Phi) is 2.77. The molecule has 2 unspecified atom stereocenters. The summed E-state index contributed by atoms with van der Waals surface area (Å²) in [4.78, 5) is 6.90. The maximum absolute atomic E-state index is 6.26. The van der Waals surface area contributed by atoms with E-state index in [1.54, 1.807) is 6.20 Å². The lowest BCUT2D eigenvalue weighted by molar-refractivity contribution is 0.0258. The minimum absolute atomic E-state index is 0.370. The van der Waals surface area contributed by atoms with Gasteiger partial charge in [0, 0.05) is 11.9 Å². The summed E-state index contributed by atoms with van der Waals surface area (Å²) < 4.78 is 5.91. The third-order valence-electron chi connectivity index (χ3n) is 4.54. The molecular formula is C16H19N3O. The van der Waals surface area contributed by atoms with Crippen LogP contribution >= 0.6 is 0 Å². The van der Waals surface area contributed by atoms with Gasteiger partial charge in [0.25, 0.3) is 0 Å². The van der Waals surface area contributed by atoms with Gasteiger partial charge in [0.05, 0.1) is 41.8 Å². The minimum atomic E-state index is 0.370. The fraction of sp³-hybridized carbons (Fsp3) is 0.438. The maximum Gasteiger partial charge on any atom is 0.0779 e. The van der Waals surface area contributed by atoms with E-state index in [2.05, 4.69) is 22.0 Å². The number of hydrogen-bond acceptors (Lipinski definition) is 4. The molecule has 2 atom stereocenters. The van der Waals surface area contributed by atoms with Crippen LogP contribution in [0.2, 0.25) is 0 Å². The Morgan fingerprint density at radius 3 is 3.10 bits per heavy atom. The highest BCUT2D eigenvalue weighted by Gasteiger charge is 2.37. The van der Waals surface area contributed by atoms with Crippen molar-refractivity contribution in [1.82, 2.24) is 4.98 Å². The zero-order valence-electron chi connectivity index (χ0n) is 11.5. The Morgan fingerprint density at radius 1 is 1.25 bits per heavy atom. The van der Waals surface area contributed by atoms with Crippen molar-refractivity contribution in [1.29, 1.82) is 0 Å². The lowest BCUT2D eigenvalue weighted by Gasteiger charge is -2.40. The molecule has 1 aliphatic heterocycles. The molecule has 1 aromatic carbocycles. The molecular weight excluding hydrogens is 250 g/mol. The van der Waals surface area contributed by atoms with E-state index in [-0.39, 0.29) is 0 Å². The zero-order chi connectivity index (χ0) is 13.5. The Balaban J connectivity index is 1.86. The second kappa shape index (κ2) is 4.63. The van der Waals surface area contributed by atoms with Crippen LogP contribution in [0.15, 0.2) is 30.5 Å². The largest absolute Gasteiger partial charge is 0.396 e. The molecule has 1 aromatic heterocycles. The van der Waals surface area contributed by atoms with E-state index in [0.29, 0.717) is 12.1 Å².